The molecular formula is C18H21N5O3S. The number of piperidine rings is 1. The summed E-state index contributed by atoms with van der Waals surface area (Å²) in [5.74, 6) is 0.614. The third-order valence-electron chi connectivity index (χ3n) is 4.75. The molecule has 0 amide bonds. The fourth-order valence-corrected chi connectivity index (χ4v) is 4.90. The van der Waals surface area contributed by atoms with Crippen molar-refractivity contribution in [3.8, 4) is 0 Å². The minimum absolute atomic E-state index is 0.331. The molecule has 0 radical (unpaired) electrons. The van der Waals surface area contributed by atoms with Gasteiger partial charge < -0.3 is 9.84 Å². The number of anilines is 1. The van der Waals surface area contributed by atoms with Gasteiger partial charge in [0.25, 0.3) is 5.71 Å². The van der Waals surface area contributed by atoms with Gasteiger partial charge in [0.2, 0.25) is 10.0 Å². The lowest BCUT2D eigenvalue weighted by atomic mass is 10.2. The number of hydrogen-bond acceptors (Lipinski definition) is 7. The molecule has 1 saturated heterocycles. The summed E-state index contributed by atoms with van der Waals surface area (Å²) in [5, 5.41) is 7.87. The van der Waals surface area contributed by atoms with Crippen LogP contribution in [0.5, 0.6) is 0 Å². The zero-order chi connectivity index (χ0) is 18.9. The van der Waals surface area contributed by atoms with Gasteiger partial charge in [0, 0.05) is 19.6 Å². The first-order chi connectivity index (χ1) is 13.1. The molecule has 0 aliphatic carbocycles. The van der Waals surface area contributed by atoms with Crippen molar-refractivity contribution in [3.05, 3.63) is 41.9 Å². The highest BCUT2D eigenvalue weighted by Gasteiger charge is 2.25. The van der Waals surface area contributed by atoms with E-state index in [9.17, 15) is 8.42 Å². The standard InChI is InChI=1S/C18H21N5O3S/c1-13-16-17(20-12-21-18(16)26-22-13)19-11-14-6-5-7-15(10-14)27(24,25)23-8-3-2-4-9-23/h5-7,10,12H,2-4,8-9,11H2,1H3,(H,19,20,21). The zero-order valence-electron chi connectivity index (χ0n) is 15.1. The number of nitrogens with one attached hydrogen (secondary N) is 1. The van der Waals surface area contributed by atoms with E-state index in [1.165, 1.54) is 6.33 Å². The molecule has 1 aliphatic heterocycles. The number of aryl methyl sites for hydroxylation is 1. The van der Waals surface area contributed by atoms with Crippen molar-refractivity contribution in [2.24, 2.45) is 0 Å². The van der Waals surface area contributed by atoms with E-state index in [0.29, 0.717) is 41.8 Å². The molecule has 0 atom stereocenters. The average molecular weight is 387 g/mol. The SMILES string of the molecule is Cc1noc2ncnc(NCc3cccc(S(=O)(=O)N4CCCCC4)c3)c12. The summed E-state index contributed by atoms with van der Waals surface area (Å²) in [7, 11) is -3.44. The molecule has 1 aromatic carbocycles. The molecule has 27 heavy (non-hydrogen) atoms. The summed E-state index contributed by atoms with van der Waals surface area (Å²) in [6.07, 6.45) is 4.34. The van der Waals surface area contributed by atoms with Crippen LogP contribution in [0.2, 0.25) is 0 Å². The van der Waals surface area contributed by atoms with Gasteiger partial charge in [-0.25, -0.2) is 13.4 Å². The average Bonchev–Trinajstić information content (AvgIpc) is 3.09. The van der Waals surface area contributed by atoms with Crippen molar-refractivity contribution in [1.29, 1.82) is 0 Å². The Labute approximate surface area is 157 Å². The molecule has 8 nitrogen and oxygen atoms in total. The van der Waals surface area contributed by atoms with Gasteiger partial charge in [-0.2, -0.15) is 9.29 Å². The highest BCUT2D eigenvalue weighted by molar-refractivity contribution is 7.89. The quantitative estimate of drug-likeness (QED) is 0.718. The predicted octanol–water partition coefficient (Wildman–Crippen LogP) is 2.71. The molecule has 0 saturated carbocycles. The van der Waals surface area contributed by atoms with Gasteiger partial charge in [0.15, 0.2) is 0 Å². The lowest BCUT2D eigenvalue weighted by molar-refractivity contribution is 0.346. The van der Waals surface area contributed by atoms with Crippen LogP contribution in [0.15, 0.2) is 40.0 Å². The molecule has 0 bridgehead atoms. The number of nitrogens with zero attached hydrogens (tertiary/aromatic N) is 4. The Kier molecular flexibility index (Phi) is 4.79. The first-order valence-electron chi connectivity index (χ1n) is 8.95. The Balaban J connectivity index is 1.55. The van der Waals surface area contributed by atoms with Crippen LogP contribution >= 0.6 is 0 Å². The van der Waals surface area contributed by atoms with Crippen LogP contribution in [0.4, 0.5) is 5.82 Å². The van der Waals surface area contributed by atoms with Crippen LogP contribution in [0.3, 0.4) is 0 Å². The second-order valence-corrected chi connectivity index (χ2v) is 8.57. The van der Waals surface area contributed by atoms with Gasteiger partial charge in [0.05, 0.1) is 10.6 Å². The fraction of sp³-hybridized carbons (Fsp3) is 0.389. The Morgan fingerprint density at radius 2 is 2.00 bits per heavy atom. The number of aromatic nitrogens is 3. The Hall–Kier alpha value is -2.52. The minimum Gasteiger partial charge on any atom is -0.365 e. The monoisotopic (exact) mass is 387 g/mol. The molecule has 3 heterocycles. The molecule has 3 aromatic rings. The molecule has 142 valence electrons. The van der Waals surface area contributed by atoms with E-state index < -0.39 is 10.0 Å². The van der Waals surface area contributed by atoms with Gasteiger partial charge in [-0.3, -0.25) is 0 Å². The Morgan fingerprint density at radius 1 is 1.19 bits per heavy atom. The summed E-state index contributed by atoms with van der Waals surface area (Å²) >= 11 is 0. The van der Waals surface area contributed by atoms with Gasteiger partial charge in [0.1, 0.15) is 17.5 Å². The summed E-state index contributed by atoms with van der Waals surface area (Å²) in [6.45, 7) is 3.44. The lowest BCUT2D eigenvalue weighted by Crippen LogP contribution is -2.35. The van der Waals surface area contributed by atoms with E-state index in [4.69, 9.17) is 4.52 Å². The van der Waals surface area contributed by atoms with Crippen molar-refractivity contribution < 1.29 is 12.9 Å². The summed E-state index contributed by atoms with van der Waals surface area (Å²) in [5.41, 5.74) is 1.98. The van der Waals surface area contributed by atoms with Crippen LogP contribution in [0.1, 0.15) is 30.5 Å². The molecule has 1 aliphatic rings. The second-order valence-electron chi connectivity index (χ2n) is 6.64. The molecule has 1 N–H and O–H groups in total. The van der Waals surface area contributed by atoms with Crippen molar-refractivity contribution in [1.82, 2.24) is 19.4 Å². The number of hydrogen-bond donors (Lipinski definition) is 1. The Morgan fingerprint density at radius 3 is 2.81 bits per heavy atom. The van der Waals surface area contributed by atoms with Crippen LogP contribution < -0.4 is 5.32 Å². The maximum Gasteiger partial charge on any atom is 0.263 e. The molecule has 1 fully saturated rings. The van der Waals surface area contributed by atoms with Crippen molar-refractivity contribution in [3.63, 3.8) is 0 Å². The van der Waals surface area contributed by atoms with E-state index in [-0.39, 0.29) is 0 Å². The van der Waals surface area contributed by atoms with E-state index in [1.54, 1.807) is 22.5 Å². The third-order valence-corrected chi connectivity index (χ3v) is 6.65. The van der Waals surface area contributed by atoms with E-state index in [0.717, 1.165) is 30.2 Å². The van der Waals surface area contributed by atoms with Crippen molar-refractivity contribution in [2.45, 2.75) is 37.6 Å². The first-order valence-corrected chi connectivity index (χ1v) is 10.4. The number of benzene rings is 1. The first kappa shape index (κ1) is 17.9. The number of fused-ring (bicyclic) bond motifs is 1. The molecule has 0 unspecified atom stereocenters. The second kappa shape index (κ2) is 7.24. The van der Waals surface area contributed by atoms with E-state index in [1.807, 2.05) is 13.0 Å². The van der Waals surface area contributed by atoms with Crippen LogP contribution in [-0.4, -0.2) is 40.9 Å². The van der Waals surface area contributed by atoms with Gasteiger partial charge in [-0.05, 0) is 37.5 Å². The normalized spacial score (nSPS) is 15.9. The van der Waals surface area contributed by atoms with Crippen molar-refractivity contribution in [2.75, 3.05) is 18.4 Å². The number of rotatable bonds is 5. The van der Waals surface area contributed by atoms with Gasteiger partial charge in [-0.15, -0.1) is 0 Å². The molecule has 0 spiro atoms. The van der Waals surface area contributed by atoms with Gasteiger partial charge >= 0.3 is 0 Å². The van der Waals surface area contributed by atoms with Crippen molar-refractivity contribution >= 4 is 26.9 Å². The lowest BCUT2D eigenvalue weighted by Gasteiger charge is -2.26. The largest absolute Gasteiger partial charge is 0.365 e. The molecule has 9 heteroatoms. The van der Waals surface area contributed by atoms with Crippen LogP contribution in [0, 0.1) is 6.92 Å². The highest BCUT2D eigenvalue weighted by atomic mass is 32.2. The topological polar surface area (TPSA) is 101 Å². The van der Waals surface area contributed by atoms with E-state index >= 15 is 0 Å². The summed E-state index contributed by atoms with van der Waals surface area (Å²) in [4.78, 5) is 8.63. The maximum absolute atomic E-state index is 12.9. The Bertz CT molecular complexity index is 1060. The minimum atomic E-state index is -3.44. The van der Waals surface area contributed by atoms with Gasteiger partial charge in [-0.1, -0.05) is 23.7 Å². The third kappa shape index (κ3) is 3.52. The molecular weight excluding hydrogens is 366 g/mol. The summed E-state index contributed by atoms with van der Waals surface area (Å²) < 4.78 is 32.5. The highest BCUT2D eigenvalue weighted by Crippen LogP contribution is 2.24. The maximum atomic E-state index is 12.9. The fourth-order valence-electron chi connectivity index (χ4n) is 3.31. The predicted molar refractivity (Wildman–Crippen MR) is 101 cm³/mol. The zero-order valence-corrected chi connectivity index (χ0v) is 15.9. The molecule has 2 aromatic heterocycles. The van der Waals surface area contributed by atoms with E-state index in [2.05, 4.69) is 20.4 Å². The number of sulfonamides is 1. The summed E-state index contributed by atoms with van der Waals surface area (Å²) in [6, 6.07) is 7.03. The van der Waals surface area contributed by atoms with Crippen LogP contribution in [-0.2, 0) is 16.6 Å². The molecule has 4 rings (SSSR count). The van der Waals surface area contributed by atoms with Crippen LogP contribution in [0.25, 0.3) is 11.1 Å². The smallest absolute Gasteiger partial charge is 0.263 e.